The maximum absolute atomic E-state index is 12.1. The van der Waals surface area contributed by atoms with Gasteiger partial charge in [0.25, 0.3) is 5.91 Å². The minimum atomic E-state index is -0.498. The fourth-order valence-electron chi connectivity index (χ4n) is 2.47. The average Bonchev–Trinajstić information content (AvgIpc) is 3.04. The largest absolute Gasteiger partial charge is 0.451 e. The summed E-state index contributed by atoms with van der Waals surface area (Å²) in [6.07, 6.45) is 0. The Kier molecular flexibility index (Phi) is 5.36. The molecule has 0 fully saturated rings. The van der Waals surface area contributed by atoms with Gasteiger partial charge in [-0.15, -0.1) is 11.3 Å². The molecule has 0 aliphatic carbocycles. The molecule has 0 saturated carbocycles. The van der Waals surface area contributed by atoms with Gasteiger partial charge in [-0.1, -0.05) is 48.0 Å². The number of carbonyl (C=O) groups is 2. The number of rotatable bonds is 5. The van der Waals surface area contributed by atoms with Gasteiger partial charge in [0.1, 0.15) is 4.88 Å². The maximum Gasteiger partial charge on any atom is 0.348 e. The highest BCUT2D eigenvalue weighted by Gasteiger charge is 2.16. The van der Waals surface area contributed by atoms with Crippen LogP contribution in [0, 0.1) is 0 Å². The van der Waals surface area contributed by atoms with Crippen molar-refractivity contribution in [3.8, 4) is 0 Å². The summed E-state index contributed by atoms with van der Waals surface area (Å²) in [5, 5.41) is 4.34. The van der Waals surface area contributed by atoms with Gasteiger partial charge in [-0.3, -0.25) is 4.79 Å². The molecule has 3 aromatic rings. The molecule has 0 spiro atoms. The summed E-state index contributed by atoms with van der Waals surface area (Å²) >= 11 is 7.46. The second-order valence-electron chi connectivity index (χ2n) is 5.54. The van der Waals surface area contributed by atoms with E-state index in [1.54, 1.807) is 12.1 Å². The molecule has 3 rings (SSSR count). The predicted molar refractivity (Wildman–Crippen MR) is 100 cm³/mol. The fourth-order valence-corrected chi connectivity index (χ4v) is 3.73. The van der Waals surface area contributed by atoms with Crippen molar-refractivity contribution in [1.29, 1.82) is 0 Å². The second-order valence-corrected chi connectivity index (χ2v) is 7.03. The summed E-state index contributed by atoms with van der Waals surface area (Å²) in [6.45, 7) is 1.49. The number of benzene rings is 2. The third kappa shape index (κ3) is 4.18. The Morgan fingerprint density at radius 1 is 1.16 bits per heavy atom. The molecule has 1 aromatic heterocycles. The van der Waals surface area contributed by atoms with Gasteiger partial charge < -0.3 is 10.1 Å². The minimum Gasteiger partial charge on any atom is -0.451 e. The van der Waals surface area contributed by atoms with Crippen LogP contribution in [-0.4, -0.2) is 18.5 Å². The molecule has 1 atom stereocenters. The van der Waals surface area contributed by atoms with Crippen molar-refractivity contribution in [2.75, 3.05) is 6.61 Å². The molecular weight excluding hydrogens is 358 g/mol. The zero-order valence-corrected chi connectivity index (χ0v) is 15.1. The van der Waals surface area contributed by atoms with Gasteiger partial charge in [-0.2, -0.15) is 0 Å². The Hall–Kier alpha value is -2.37. The van der Waals surface area contributed by atoms with Crippen molar-refractivity contribution in [2.45, 2.75) is 13.0 Å². The van der Waals surface area contributed by atoms with E-state index >= 15 is 0 Å². The molecule has 1 heterocycles. The monoisotopic (exact) mass is 373 g/mol. The van der Waals surface area contributed by atoms with Gasteiger partial charge >= 0.3 is 5.97 Å². The van der Waals surface area contributed by atoms with Gasteiger partial charge in [0, 0.05) is 9.72 Å². The highest BCUT2D eigenvalue weighted by atomic mass is 35.5. The summed E-state index contributed by atoms with van der Waals surface area (Å²) in [6, 6.07) is 16.5. The van der Waals surface area contributed by atoms with Gasteiger partial charge in [0.05, 0.1) is 6.04 Å². The number of nitrogens with one attached hydrogen (secondary N) is 1. The molecule has 0 aliphatic heterocycles. The number of carbonyl (C=O) groups excluding carboxylic acids is 2. The molecule has 2 aromatic carbocycles. The number of thiophene rings is 1. The van der Waals surface area contributed by atoms with Gasteiger partial charge in [-0.05, 0) is 36.1 Å². The minimum absolute atomic E-state index is 0.274. The van der Waals surface area contributed by atoms with Crippen LogP contribution in [0.4, 0.5) is 0 Å². The summed E-state index contributed by atoms with van der Waals surface area (Å²) in [7, 11) is 0. The number of hydrogen-bond donors (Lipinski definition) is 1. The lowest BCUT2D eigenvalue weighted by Gasteiger charge is -2.15. The molecule has 0 radical (unpaired) electrons. The molecule has 0 bridgehead atoms. The molecule has 0 unspecified atom stereocenters. The number of hydrogen-bond acceptors (Lipinski definition) is 4. The van der Waals surface area contributed by atoms with Crippen LogP contribution >= 0.6 is 22.9 Å². The van der Waals surface area contributed by atoms with E-state index in [-0.39, 0.29) is 18.6 Å². The van der Waals surface area contributed by atoms with Crippen molar-refractivity contribution < 1.29 is 14.3 Å². The molecule has 25 heavy (non-hydrogen) atoms. The quantitative estimate of drug-likeness (QED) is 0.665. The molecule has 0 saturated heterocycles. The van der Waals surface area contributed by atoms with Crippen LogP contribution in [0.25, 0.3) is 10.1 Å². The average molecular weight is 374 g/mol. The Labute approximate surface area is 154 Å². The van der Waals surface area contributed by atoms with Crippen molar-refractivity contribution in [2.24, 2.45) is 0 Å². The van der Waals surface area contributed by atoms with Gasteiger partial charge in [0.15, 0.2) is 6.61 Å². The van der Waals surface area contributed by atoms with Crippen LogP contribution in [0.3, 0.4) is 0 Å². The Bertz CT molecular complexity index is 889. The van der Waals surface area contributed by atoms with Crippen LogP contribution < -0.4 is 5.32 Å². The van der Waals surface area contributed by atoms with Crippen LogP contribution in [0.2, 0.25) is 5.02 Å². The Morgan fingerprint density at radius 3 is 2.64 bits per heavy atom. The smallest absolute Gasteiger partial charge is 0.348 e. The molecule has 0 aliphatic rings. The predicted octanol–water partition coefficient (Wildman–Crippen LogP) is 4.59. The van der Waals surface area contributed by atoms with E-state index in [2.05, 4.69) is 5.32 Å². The zero-order valence-electron chi connectivity index (χ0n) is 13.5. The molecular formula is C19H16ClNO3S. The molecule has 6 heteroatoms. The highest BCUT2D eigenvalue weighted by molar-refractivity contribution is 7.20. The summed E-state index contributed by atoms with van der Waals surface area (Å²) in [4.78, 5) is 24.6. The number of halogens is 1. The van der Waals surface area contributed by atoms with Crippen LogP contribution in [0.1, 0.15) is 28.2 Å². The normalized spacial score (nSPS) is 11.9. The second kappa shape index (κ2) is 7.68. The standard InChI is InChI=1S/C19H16ClNO3S/c1-12(14-7-3-4-8-15(14)20)21-18(22)11-24-19(23)17-10-13-6-2-5-9-16(13)25-17/h2-10,12H,11H2,1H3,(H,21,22)/t12-/m1/s1. The van der Waals surface area contributed by atoms with Gasteiger partial charge in [0.2, 0.25) is 0 Å². The van der Waals surface area contributed by atoms with E-state index in [1.165, 1.54) is 11.3 Å². The van der Waals surface area contributed by atoms with E-state index in [0.29, 0.717) is 9.90 Å². The van der Waals surface area contributed by atoms with E-state index in [1.807, 2.05) is 49.4 Å². The van der Waals surface area contributed by atoms with Crippen LogP contribution in [0.5, 0.6) is 0 Å². The van der Waals surface area contributed by atoms with Crippen LogP contribution in [-0.2, 0) is 9.53 Å². The number of fused-ring (bicyclic) bond motifs is 1. The molecule has 1 N–H and O–H groups in total. The highest BCUT2D eigenvalue weighted by Crippen LogP contribution is 2.26. The lowest BCUT2D eigenvalue weighted by Crippen LogP contribution is -2.31. The lowest BCUT2D eigenvalue weighted by molar-refractivity contribution is -0.124. The third-order valence-corrected chi connectivity index (χ3v) is 5.15. The third-order valence-electron chi connectivity index (χ3n) is 3.71. The number of esters is 1. The molecule has 128 valence electrons. The lowest BCUT2D eigenvalue weighted by atomic mass is 10.1. The SMILES string of the molecule is C[C@@H](NC(=O)COC(=O)c1cc2ccccc2s1)c1ccccc1Cl. The summed E-state index contributed by atoms with van der Waals surface area (Å²) in [5.74, 6) is -0.872. The maximum atomic E-state index is 12.1. The van der Waals surface area contributed by atoms with E-state index in [9.17, 15) is 9.59 Å². The van der Waals surface area contributed by atoms with E-state index in [4.69, 9.17) is 16.3 Å². The summed E-state index contributed by atoms with van der Waals surface area (Å²) in [5.41, 5.74) is 0.813. The summed E-state index contributed by atoms with van der Waals surface area (Å²) < 4.78 is 6.12. The van der Waals surface area contributed by atoms with Crippen molar-refractivity contribution >= 4 is 44.9 Å². The van der Waals surface area contributed by atoms with Crippen molar-refractivity contribution in [3.63, 3.8) is 0 Å². The van der Waals surface area contributed by atoms with E-state index < -0.39 is 5.97 Å². The Balaban J connectivity index is 1.56. The first-order valence-electron chi connectivity index (χ1n) is 7.74. The fraction of sp³-hybridized carbons (Fsp3) is 0.158. The molecule has 1 amide bonds. The van der Waals surface area contributed by atoms with Crippen LogP contribution in [0.15, 0.2) is 54.6 Å². The first-order chi connectivity index (χ1) is 12.0. The first-order valence-corrected chi connectivity index (χ1v) is 8.93. The number of amides is 1. The Morgan fingerprint density at radius 2 is 1.88 bits per heavy atom. The van der Waals surface area contributed by atoms with Crippen molar-refractivity contribution in [3.05, 3.63) is 70.1 Å². The zero-order chi connectivity index (χ0) is 17.8. The van der Waals surface area contributed by atoms with E-state index in [0.717, 1.165) is 15.6 Å². The molecule has 4 nitrogen and oxygen atoms in total. The van der Waals surface area contributed by atoms with Crippen molar-refractivity contribution in [1.82, 2.24) is 5.32 Å². The van der Waals surface area contributed by atoms with Gasteiger partial charge in [-0.25, -0.2) is 4.79 Å². The first kappa shape index (κ1) is 17.5. The number of ether oxygens (including phenoxy) is 1. The topological polar surface area (TPSA) is 55.4 Å².